The first-order chi connectivity index (χ1) is 6.63. The first-order valence-corrected chi connectivity index (χ1v) is 5.51. The van der Waals surface area contributed by atoms with E-state index in [0.717, 1.165) is 18.8 Å². The van der Waals surface area contributed by atoms with Gasteiger partial charge < -0.3 is 9.84 Å². The number of ether oxygens (including phenoxy) is 1. The highest BCUT2D eigenvalue weighted by Crippen LogP contribution is 2.47. The lowest BCUT2D eigenvalue weighted by Crippen LogP contribution is -2.22. The highest BCUT2D eigenvalue weighted by atomic mass is 16.5. The van der Waals surface area contributed by atoms with E-state index in [1.165, 1.54) is 6.42 Å². The number of carboxylic acid groups (broad SMARTS) is 1. The highest BCUT2D eigenvalue weighted by molar-refractivity contribution is 5.71. The second-order valence-corrected chi connectivity index (χ2v) is 4.68. The summed E-state index contributed by atoms with van der Waals surface area (Å²) >= 11 is 0. The topological polar surface area (TPSA) is 46.5 Å². The van der Waals surface area contributed by atoms with E-state index in [1.807, 2.05) is 6.92 Å². The molecule has 5 unspecified atom stereocenters. The molecule has 3 nitrogen and oxygen atoms in total. The Hall–Kier alpha value is -0.570. The molecular formula is C11H18O3. The summed E-state index contributed by atoms with van der Waals surface area (Å²) in [6.45, 7) is 4.21. The molecule has 1 saturated carbocycles. The van der Waals surface area contributed by atoms with Gasteiger partial charge >= 0.3 is 5.97 Å². The first kappa shape index (κ1) is 9.97. The molecule has 14 heavy (non-hydrogen) atoms. The van der Waals surface area contributed by atoms with Crippen molar-refractivity contribution in [1.29, 1.82) is 0 Å². The third-order valence-corrected chi connectivity index (χ3v) is 3.65. The van der Waals surface area contributed by atoms with Crippen molar-refractivity contribution in [3.05, 3.63) is 0 Å². The van der Waals surface area contributed by atoms with Gasteiger partial charge in [-0.25, -0.2) is 0 Å². The van der Waals surface area contributed by atoms with E-state index < -0.39 is 5.97 Å². The van der Waals surface area contributed by atoms with E-state index in [2.05, 4.69) is 6.92 Å². The molecule has 0 radical (unpaired) electrons. The normalized spacial score (nSPS) is 46.6. The second kappa shape index (κ2) is 3.54. The van der Waals surface area contributed by atoms with Crippen LogP contribution in [0.15, 0.2) is 0 Å². The van der Waals surface area contributed by atoms with Crippen molar-refractivity contribution in [2.24, 2.45) is 17.8 Å². The lowest BCUT2D eigenvalue weighted by molar-refractivity contribution is -0.143. The van der Waals surface area contributed by atoms with Gasteiger partial charge in [-0.15, -0.1) is 0 Å². The Morgan fingerprint density at radius 1 is 1.50 bits per heavy atom. The summed E-state index contributed by atoms with van der Waals surface area (Å²) in [5.41, 5.74) is 0. The van der Waals surface area contributed by atoms with Crippen LogP contribution in [-0.4, -0.2) is 23.3 Å². The monoisotopic (exact) mass is 198 g/mol. The summed E-state index contributed by atoms with van der Waals surface area (Å²) in [5.74, 6) is 0.420. The van der Waals surface area contributed by atoms with Crippen LogP contribution in [-0.2, 0) is 9.53 Å². The molecule has 80 valence electrons. The average molecular weight is 198 g/mol. The van der Waals surface area contributed by atoms with Crippen LogP contribution in [0, 0.1) is 17.8 Å². The number of carbonyl (C=O) groups is 1. The molecule has 0 aromatic carbocycles. The van der Waals surface area contributed by atoms with E-state index in [1.54, 1.807) is 0 Å². The van der Waals surface area contributed by atoms with Crippen LogP contribution in [0.3, 0.4) is 0 Å². The number of aliphatic carboxylic acids is 1. The van der Waals surface area contributed by atoms with Gasteiger partial charge in [0.15, 0.2) is 0 Å². The average Bonchev–Trinajstić information content (AvgIpc) is 2.72. The zero-order valence-electron chi connectivity index (χ0n) is 8.77. The molecule has 0 aromatic heterocycles. The molecule has 3 heteroatoms. The molecule has 2 aliphatic rings. The van der Waals surface area contributed by atoms with E-state index in [9.17, 15) is 4.79 Å². The van der Waals surface area contributed by atoms with E-state index >= 15 is 0 Å². The molecule has 1 aliphatic carbocycles. The molecule has 1 heterocycles. The number of hydrogen-bond acceptors (Lipinski definition) is 2. The van der Waals surface area contributed by atoms with Crippen LogP contribution in [0.1, 0.15) is 33.1 Å². The van der Waals surface area contributed by atoms with Crippen LogP contribution >= 0.6 is 0 Å². The van der Waals surface area contributed by atoms with Crippen molar-refractivity contribution >= 4 is 5.97 Å². The fourth-order valence-electron chi connectivity index (χ4n) is 2.56. The van der Waals surface area contributed by atoms with Crippen molar-refractivity contribution in [2.45, 2.75) is 45.3 Å². The number of rotatable bonds is 3. The maximum atomic E-state index is 11.0. The zero-order chi connectivity index (χ0) is 10.3. The van der Waals surface area contributed by atoms with Gasteiger partial charge in [-0.3, -0.25) is 4.79 Å². The van der Waals surface area contributed by atoms with Crippen LogP contribution in [0.25, 0.3) is 0 Å². The van der Waals surface area contributed by atoms with E-state index in [4.69, 9.17) is 9.84 Å². The number of carboxylic acids is 1. The van der Waals surface area contributed by atoms with Crippen molar-refractivity contribution in [3.8, 4) is 0 Å². The van der Waals surface area contributed by atoms with E-state index in [0.29, 0.717) is 5.92 Å². The molecule has 5 atom stereocenters. The van der Waals surface area contributed by atoms with Crippen LogP contribution in [0.5, 0.6) is 0 Å². The Balaban J connectivity index is 1.97. The predicted octanol–water partition coefficient (Wildman–Crippen LogP) is 1.91. The van der Waals surface area contributed by atoms with Gasteiger partial charge in [0.2, 0.25) is 0 Å². The Kier molecular flexibility index (Phi) is 2.52. The maximum absolute atomic E-state index is 11.0. The quantitative estimate of drug-likeness (QED) is 0.753. The van der Waals surface area contributed by atoms with Gasteiger partial charge in [-0.05, 0) is 31.1 Å². The minimum Gasteiger partial charge on any atom is -0.481 e. The van der Waals surface area contributed by atoms with Gasteiger partial charge in [0.05, 0.1) is 18.1 Å². The summed E-state index contributed by atoms with van der Waals surface area (Å²) < 4.78 is 5.80. The van der Waals surface area contributed by atoms with Gasteiger partial charge in [0.25, 0.3) is 0 Å². The molecule has 0 amide bonds. The molecule has 2 fully saturated rings. The molecule has 1 aliphatic heterocycles. The SMILES string of the molecule is CCC1OC(C2CC2C)CC1C(=O)O. The summed E-state index contributed by atoms with van der Waals surface area (Å²) in [6.07, 6.45) is 2.92. The Bertz CT molecular complexity index is 239. The Morgan fingerprint density at radius 2 is 2.14 bits per heavy atom. The van der Waals surface area contributed by atoms with Crippen LogP contribution in [0.4, 0.5) is 0 Å². The standard InChI is InChI=1S/C11H18O3/c1-3-9-8(11(12)13)5-10(14-9)7-4-6(7)2/h6-10H,3-5H2,1-2H3,(H,12,13). The lowest BCUT2D eigenvalue weighted by atomic mass is 9.96. The van der Waals surface area contributed by atoms with Gasteiger partial charge in [0.1, 0.15) is 0 Å². The summed E-state index contributed by atoms with van der Waals surface area (Å²) in [5, 5.41) is 9.02. The molecule has 1 N–H and O–H groups in total. The number of hydrogen-bond donors (Lipinski definition) is 1. The van der Waals surface area contributed by atoms with Crippen molar-refractivity contribution < 1.29 is 14.6 Å². The molecule has 0 spiro atoms. The van der Waals surface area contributed by atoms with E-state index in [-0.39, 0.29) is 18.1 Å². The molecule has 1 saturated heterocycles. The van der Waals surface area contributed by atoms with Gasteiger partial charge in [-0.1, -0.05) is 13.8 Å². The molecule has 0 aromatic rings. The van der Waals surface area contributed by atoms with Crippen molar-refractivity contribution in [3.63, 3.8) is 0 Å². The largest absolute Gasteiger partial charge is 0.481 e. The summed E-state index contributed by atoms with van der Waals surface area (Å²) in [4.78, 5) is 11.0. The smallest absolute Gasteiger partial charge is 0.309 e. The van der Waals surface area contributed by atoms with Crippen LogP contribution in [0.2, 0.25) is 0 Å². The molecule has 2 rings (SSSR count). The third kappa shape index (κ3) is 1.65. The minimum atomic E-state index is -0.687. The maximum Gasteiger partial charge on any atom is 0.309 e. The Morgan fingerprint density at radius 3 is 2.50 bits per heavy atom. The molecular weight excluding hydrogens is 180 g/mol. The van der Waals surface area contributed by atoms with Crippen molar-refractivity contribution in [2.75, 3.05) is 0 Å². The van der Waals surface area contributed by atoms with Crippen LogP contribution < -0.4 is 0 Å². The molecule has 0 bridgehead atoms. The first-order valence-electron chi connectivity index (χ1n) is 5.51. The van der Waals surface area contributed by atoms with Crippen molar-refractivity contribution in [1.82, 2.24) is 0 Å². The second-order valence-electron chi connectivity index (χ2n) is 4.68. The fraction of sp³-hybridized carbons (Fsp3) is 0.909. The Labute approximate surface area is 84.4 Å². The van der Waals surface area contributed by atoms with Gasteiger partial charge in [0, 0.05) is 0 Å². The summed E-state index contributed by atoms with van der Waals surface area (Å²) in [7, 11) is 0. The van der Waals surface area contributed by atoms with Gasteiger partial charge in [-0.2, -0.15) is 0 Å². The minimum absolute atomic E-state index is 0.0506. The highest BCUT2D eigenvalue weighted by Gasteiger charge is 2.48. The third-order valence-electron chi connectivity index (χ3n) is 3.65. The summed E-state index contributed by atoms with van der Waals surface area (Å²) in [6, 6.07) is 0. The fourth-order valence-corrected chi connectivity index (χ4v) is 2.56. The zero-order valence-corrected chi connectivity index (χ0v) is 8.77. The lowest BCUT2D eigenvalue weighted by Gasteiger charge is -2.12. The predicted molar refractivity (Wildman–Crippen MR) is 52.0 cm³/mol.